The summed E-state index contributed by atoms with van der Waals surface area (Å²) in [4.78, 5) is 7.17. The second-order valence-electron chi connectivity index (χ2n) is 2.56. The molecule has 0 aliphatic carbocycles. The summed E-state index contributed by atoms with van der Waals surface area (Å²) >= 11 is 0. The number of hydrogen-bond donors (Lipinski definition) is 2. The molecule has 0 radical (unpaired) electrons. The molecule has 3 N–H and O–H groups in total. The largest absolute Gasteiger partial charge is 0.383 e. The third-order valence-electron chi connectivity index (χ3n) is 1.40. The first kappa shape index (κ1) is 9.02. The molecule has 1 aromatic heterocycles. The predicted molar refractivity (Wildman–Crippen MR) is 40.6 cm³/mol. The van der Waals surface area contributed by atoms with E-state index < -0.39 is 18.0 Å². The van der Waals surface area contributed by atoms with Crippen molar-refractivity contribution < 1.29 is 9.50 Å². The molecule has 0 aliphatic heterocycles. The van der Waals surface area contributed by atoms with Gasteiger partial charge in [0.1, 0.15) is 6.10 Å². The fourth-order valence-electron chi connectivity index (χ4n) is 0.710. The Balaban J connectivity index is 2.82. The van der Waals surface area contributed by atoms with Crippen molar-refractivity contribution in [2.75, 3.05) is 0 Å². The zero-order valence-corrected chi connectivity index (χ0v) is 6.61. The molecule has 0 spiro atoms. The lowest BCUT2D eigenvalue weighted by molar-refractivity contribution is 0.143. The molecule has 0 bridgehead atoms. The van der Waals surface area contributed by atoms with Crippen LogP contribution in [0.25, 0.3) is 0 Å². The molecule has 2 atom stereocenters. The van der Waals surface area contributed by atoms with Crippen molar-refractivity contribution in [1.82, 2.24) is 9.97 Å². The summed E-state index contributed by atoms with van der Waals surface area (Å²) in [5.41, 5.74) is 5.38. The van der Waals surface area contributed by atoms with Crippen molar-refractivity contribution in [1.29, 1.82) is 0 Å². The van der Waals surface area contributed by atoms with E-state index in [4.69, 9.17) is 5.73 Å². The Labute approximate surface area is 69.3 Å². The molecular formula is C7H10FN3O. The van der Waals surface area contributed by atoms with Gasteiger partial charge in [0.25, 0.3) is 0 Å². The van der Waals surface area contributed by atoms with Gasteiger partial charge in [0.2, 0.25) is 0 Å². The molecule has 2 unspecified atom stereocenters. The van der Waals surface area contributed by atoms with E-state index in [1.807, 2.05) is 0 Å². The summed E-state index contributed by atoms with van der Waals surface area (Å²) < 4.78 is 12.3. The molecule has 1 aromatic rings. The van der Waals surface area contributed by atoms with Gasteiger partial charge in [0.15, 0.2) is 11.6 Å². The van der Waals surface area contributed by atoms with Gasteiger partial charge in [-0.3, -0.25) is 0 Å². The van der Waals surface area contributed by atoms with Gasteiger partial charge in [-0.05, 0) is 6.92 Å². The minimum atomic E-state index is -0.939. The number of halogens is 1. The Morgan fingerprint density at radius 1 is 1.50 bits per heavy atom. The van der Waals surface area contributed by atoms with E-state index in [0.717, 1.165) is 12.4 Å². The van der Waals surface area contributed by atoms with E-state index in [9.17, 15) is 9.50 Å². The third kappa shape index (κ3) is 1.96. The maximum atomic E-state index is 12.3. The minimum absolute atomic E-state index is 0.145. The average Bonchev–Trinajstić information content (AvgIpc) is 2.04. The van der Waals surface area contributed by atoms with Crippen molar-refractivity contribution in [3.8, 4) is 0 Å². The SMILES string of the molecule is CC(N)C(O)c1ncc(F)cn1. The van der Waals surface area contributed by atoms with Crippen LogP contribution in [-0.2, 0) is 0 Å². The van der Waals surface area contributed by atoms with Crippen LogP contribution in [0.1, 0.15) is 18.9 Å². The molecule has 0 saturated carbocycles. The monoisotopic (exact) mass is 171 g/mol. The van der Waals surface area contributed by atoms with E-state index in [1.165, 1.54) is 0 Å². The molecule has 0 amide bonds. The number of aliphatic hydroxyl groups excluding tert-OH is 1. The second kappa shape index (κ2) is 3.55. The number of nitrogens with zero attached hydrogens (tertiary/aromatic N) is 2. The van der Waals surface area contributed by atoms with Crippen LogP contribution in [0.15, 0.2) is 12.4 Å². The van der Waals surface area contributed by atoms with E-state index >= 15 is 0 Å². The van der Waals surface area contributed by atoms with Gasteiger partial charge in [-0.25, -0.2) is 14.4 Å². The number of hydrogen-bond acceptors (Lipinski definition) is 4. The van der Waals surface area contributed by atoms with Gasteiger partial charge in [0, 0.05) is 6.04 Å². The van der Waals surface area contributed by atoms with Crippen LogP contribution in [-0.4, -0.2) is 21.1 Å². The van der Waals surface area contributed by atoms with Crippen molar-refractivity contribution in [2.45, 2.75) is 19.1 Å². The topological polar surface area (TPSA) is 72.0 Å². The molecule has 12 heavy (non-hydrogen) atoms. The van der Waals surface area contributed by atoms with Gasteiger partial charge in [-0.1, -0.05) is 0 Å². The highest BCUT2D eigenvalue weighted by atomic mass is 19.1. The molecule has 0 aromatic carbocycles. The van der Waals surface area contributed by atoms with Gasteiger partial charge >= 0.3 is 0 Å². The Morgan fingerprint density at radius 2 is 2.00 bits per heavy atom. The molecule has 0 fully saturated rings. The van der Waals surface area contributed by atoms with E-state index in [-0.39, 0.29) is 5.82 Å². The summed E-state index contributed by atoms with van der Waals surface area (Å²) in [6, 6.07) is -0.463. The average molecular weight is 171 g/mol. The predicted octanol–water partition coefficient (Wildman–Crippen LogP) is -0.00370. The molecule has 1 heterocycles. The second-order valence-corrected chi connectivity index (χ2v) is 2.56. The van der Waals surface area contributed by atoms with Crippen molar-refractivity contribution in [2.24, 2.45) is 5.73 Å². The van der Waals surface area contributed by atoms with E-state index in [0.29, 0.717) is 0 Å². The summed E-state index contributed by atoms with van der Waals surface area (Å²) in [6.45, 7) is 1.62. The molecule has 66 valence electrons. The molecule has 0 aliphatic rings. The third-order valence-corrected chi connectivity index (χ3v) is 1.40. The fraction of sp³-hybridized carbons (Fsp3) is 0.429. The highest BCUT2D eigenvalue weighted by Crippen LogP contribution is 2.09. The lowest BCUT2D eigenvalue weighted by Gasteiger charge is -2.11. The normalized spacial score (nSPS) is 15.7. The summed E-state index contributed by atoms with van der Waals surface area (Å²) in [5, 5.41) is 9.32. The number of nitrogens with two attached hydrogens (primary N) is 1. The van der Waals surface area contributed by atoms with Gasteiger partial charge in [0.05, 0.1) is 12.4 Å². The van der Waals surface area contributed by atoms with Crippen molar-refractivity contribution >= 4 is 0 Å². The van der Waals surface area contributed by atoms with Crippen molar-refractivity contribution in [3.63, 3.8) is 0 Å². The quantitative estimate of drug-likeness (QED) is 0.656. The van der Waals surface area contributed by atoms with Crippen LogP contribution in [0.2, 0.25) is 0 Å². The Hall–Kier alpha value is -1.07. The summed E-state index contributed by atoms with van der Waals surface area (Å²) in [5.74, 6) is -0.387. The van der Waals surface area contributed by atoms with Gasteiger partial charge in [-0.2, -0.15) is 0 Å². The van der Waals surface area contributed by atoms with Crippen molar-refractivity contribution in [3.05, 3.63) is 24.0 Å². The number of aliphatic hydroxyl groups is 1. The lowest BCUT2D eigenvalue weighted by Crippen LogP contribution is -2.25. The Morgan fingerprint density at radius 3 is 2.42 bits per heavy atom. The molecule has 0 saturated heterocycles. The standard InChI is InChI=1S/C7H10FN3O/c1-4(9)6(12)7-10-2-5(8)3-11-7/h2-4,6,12H,9H2,1H3. The summed E-state index contributed by atoms with van der Waals surface area (Å²) in [7, 11) is 0. The lowest BCUT2D eigenvalue weighted by atomic mass is 10.2. The van der Waals surface area contributed by atoms with Crippen LogP contribution >= 0.6 is 0 Å². The molecular weight excluding hydrogens is 161 g/mol. The first-order chi connectivity index (χ1) is 5.61. The number of rotatable bonds is 2. The van der Waals surface area contributed by atoms with Crippen LogP contribution < -0.4 is 5.73 Å². The fourth-order valence-corrected chi connectivity index (χ4v) is 0.710. The molecule has 1 rings (SSSR count). The first-order valence-corrected chi connectivity index (χ1v) is 3.52. The van der Waals surface area contributed by atoms with Crippen LogP contribution in [0.3, 0.4) is 0 Å². The van der Waals surface area contributed by atoms with E-state index in [1.54, 1.807) is 6.92 Å². The number of aromatic nitrogens is 2. The summed E-state index contributed by atoms with van der Waals surface area (Å²) in [6.07, 6.45) is 1.05. The maximum absolute atomic E-state index is 12.3. The molecule has 4 nitrogen and oxygen atoms in total. The highest BCUT2D eigenvalue weighted by Gasteiger charge is 2.14. The first-order valence-electron chi connectivity index (χ1n) is 3.52. The highest BCUT2D eigenvalue weighted by molar-refractivity contribution is 4.96. The van der Waals surface area contributed by atoms with Gasteiger partial charge in [-0.15, -0.1) is 0 Å². The zero-order chi connectivity index (χ0) is 9.14. The van der Waals surface area contributed by atoms with Crippen LogP contribution in [0.4, 0.5) is 4.39 Å². The van der Waals surface area contributed by atoms with Crippen LogP contribution in [0.5, 0.6) is 0 Å². The molecule has 5 heteroatoms. The Bertz CT molecular complexity index is 249. The smallest absolute Gasteiger partial charge is 0.159 e. The zero-order valence-electron chi connectivity index (χ0n) is 6.61. The Kier molecular flexibility index (Phi) is 2.67. The minimum Gasteiger partial charge on any atom is -0.383 e. The van der Waals surface area contributed by atoms with Gasteiger partial charge < -0.3 is 10.8 Å². The van der Waals surface area contributed by atoms with E-state index in [2.05, 4.69) is 9.97 Å². The maximum Gasteiger partial charge on any atom is 0.159 e. The van der Waals surface area contributed by atoms with Crippen LogP contribution in [0, 0.1) is 5.82 Å².